The Labute approximate surface area is 163 Å². The molecule has 0 aromatic heterocycles. The first kappa shape index (κ1) is 17.4. The van der Waals surface area contributed by atoms with Gasteiger partial charge in [-0.3, -0.25) is 4.79 Å². The smallest absolute Gasteiger partial charge is 0.292 e. The minimum atomic E-state index is -0.00156. The largest absolute Gasteiger partial charge is 0.457 e. The van der Waals surface area contributed by atoms with E-state index in [1.54, 1.807) is 4.90 Å². The van der Waals surface area contributed by atoms with E-state index < -0.39 is 0 Å². The summed E-state index contributed by atoms with van der Waals surface area (Å²) in [6, 6.07) is 26.9. The normalized spacial score (nSPS) is 19.4. The SMILES string of the molecule is C[N+]1(c2ccc(Oc3ccccc3)cc2)CC(=O)N(c2ccccc2)C1=S. The van der Waals surface area contributed by atoms with Crippen LogP contribution in [0.4, 0.5) is 11.4 Å². The Bertz CT molecular complexity index is 974. The van der Waals surface area contributed by atoms with Crippen LogP contribution in [0.5, 0.6) is 11.5 Å². The lowest BCUT2D eigenvalue weighted by molar-refractivity contribution is -0.116. The minimum absolute atomic E-state index is 0.00156. The van der Waals surface area contributed by atoms with Crippen molar-refractivity contribution < 1.29 is 9.53 Å². The molecule has 5 heteroatoms. The van der Waals surface area contributed by atoms with Crippen molar-refractivity contribution >= 4 is 34.6 Å². The number of carbonyl (C=O) groups is 1. The Morgan fingerprint density at radius 1 is 0.852 bits per heavy atom. The van der Waals surface area contributed by atoms with Gasteiger partial charge < -0.3 is 4.74 Å². The van der Waals surface area contributed by atoms with Gasteiger partial charge in [-0.2, -0.15) is 0 Å². The van der Waals surface area contributed by atoms with Crippen LogP contribution in [0, 0.1) is 0 Å². The molecule has 3 aromatic rings. The second-order valence-electron chi connectivity index (χ2n) is 6.61. The maximum Gasteiger partial charge on any atom is 0.292 e. The summed E-state index contributed by atoms with van der Waals surface area (Å²) < 4.78 is 6.12. The zero-order valence-corrected chi connectivity index (χ0v) is 15.7. The molecule has 1 unspecified atom stereocenters. The number of rotatable bonds is 4. The summed E-state index contributed by atoms with van der Waals surface area (Å²) in [6.07, 6.45) is 0. The van der Waals surface area contributed by atoms with Gasteiger partial charge in [0.25, 0.3) is 11.0 Å². The van der Waals surface area contributed by atoms with E-state index in [0.29, 0.717) is 11.7 Å². The second kappa shape index (κ2) is 6.95. The van der Waals surface area contributed by atoms with Gasteiger partial charge in [-0.15, -0.1) is 0 Å². The van der Waals surface area contributed by atoms with Crippen LogP contribution in [0.25, 0.3) is 0 Å². The number of hydrogen-bond donors (Lipinski definition) is 0. The van der Waals surface area contributed by atoms with Crippen molar-refractivity contribution in [2.24, 2.45) is 0 Å². The van der Waals surface area contributed by atoms with Crippen LogP contribution in [0.2, 0.25) is 0 Å². The van der Waals surface area contributed by atoms with E-state index in [1.165, 1.54) is 0 Å². The standard InChI is InChI=1S/C22H19N2O2S/c1-24(16-21(25)23(22(24)27)17-8-4-2-5-9-17)18-12-14-20(15-13-18)26-19-10-6-3-7-11-19/h2-15H,16H2,1H3/q+1. The van der Waals surface area contributed by atoms with Crippen LogP contribution < -0.4 is 14.1 Å². The highest BCUT2D eigenvalue weighted by Crippen LogP contribution is 2.33. The second-order valence-corrected chi connectivity index (χ2v) is 6.97. The number of likely N-dealkylation sites (N-methyl/N-ethyl adjacent to an activating group) is 1. The molecule has 4 nitrogen and oxygen atoms in total. The zero-order chi connectivity index (χ0) is 18.9. The van der Waals surface area contributed by atoms with Crippen LogP contribution in [-0.2, 0) is 4.79 Å². The number of carbonyl (C=O) groups excluding carboxylic acids is 1. The third-order valence-corrected chi connectivity index (χ3v) is 5.30. The van der Waals surface area contributed by atoms with Crippen LogP contribution >= 0.6 is 12.2 Å². The molecule has 1 atom stereocenters. The molecule has 1 aliphatic heterocycles. The number of amides is 1. The highest BCUT2D eigenvalue weighted by atomic mass is 32.1. The number of hydrogen-bond acceptors (Lipinski definition) is 3. The molecule has 0 N–H and O–H groups in total. The Morgan fingerprint density at radius 2 is 1.41 bits per heavy atom. The third kappa shape index (κ3) is 3.23. The van der Waals surface area contributed by atoms with Gasteiger partial charge in [0.2, 0.25) is 0 Å². The van der Waals surface area contributed by atoms with Crippen molar-refractivity contribution in [2.45, 2.75) is 0 Å². The lowest BCUT2D eigenvalue weighted by Crippen LogP contribution is -2.48. The summed E-state index contributed by atoms with van der Waals surface area (Å²) in [7, 11) is 1.97. The molecule has 0 radical (unpaired) electrons. The average Bonchev–Trinajstić information content (AvgIpc) is 2.93. The summed E-state index contributed by atoms with van der Waals surface area (Å²) in [5.41, 5.74) is 1.76. The van der Waals surface area contributed by atoms with Gasteiger partial charge in [-0.1, -0.05) is 36.4 Å². The first-order chi connectivity index (χ1) is 13.1. The molecule has 1 fully saturated rings. The third-order valence-electron chi connectivity index (χ3n) is 4.71. The van der Waals surface area contributed by atoms with E-state index in [1.807, 2.05) is 92.0 Å². The van der Waals surface area contributed by atoms with E-state index in [-0.39, 0.29) is 10.4 Å². The van der Waals surface area contributed by atoms with Crippen molar-refractivity contribution in [1.82, 2.24) is 4.48 Å². The Balaban J connectivity index is 1.59. The van der Waals surface area contributed by atoms with Gasteiger partial charge in [0.1, 0.15) is 17.2 Å². The summed E-state index contributed by atoms with van der Waals surface area (Å²) in [5.74, 6) is 1.53. The molecule has 1 amide bonds. The van der Waals surface area contributed by atoms with Crippen LogP contribution in [0.3, 0.4) is 0 Å². The lowest BCUT2D eigenvalue weighted by Gasteiger charge is -2.27. The number of nitrogens with zero attached hydrogens (tertiary/aromatic N) is 2. The number of para-hydroxylation sites is 2. The van der Waals surface area contributed by atoms with E-state index >= 15 is 0 Å². The summed E-state index contributed by atoms with van der Waals surface area (Å²) in [6.45, 7) is 0.298. The van der Waals surface area contributed by atoms with E-state index in [2.05, 4.69) is 0 Å². The Hall–Kier alpha value is -3.02. The number of ether oxygens (including phenoxy) is 1. The lowest BCUT2D eigenvalue weighted by atomic mass is 10.2. The van der Waals surface area contributed by atoms with Crippen LogP contribution in [-0.4, -0.2) is 24.6 Å². The molecule has 0 bridgehead atoms. The number of anilines is 1. The molecule has 0 spiro atoms. The van der Waals surface area contributed by atoms with Crippen molar-refractivity contribution in [1.29, 1.82) is 0 Å². The molecule has 134 valence electrons. The highest BCUT2D eigenvalue weighted by Gasteiger charge is 2.48. The van der Waals surface area contributed by atoms with Crippen molar-refractivity contribution in [2.75, 3.05) is 18.5 Å². The summed E-state index contributed by atoms with van der Waals surface area (Å²) >= 11 is 5.70. The fourth-order valence-electron chi connectivity index (χ4n) is 3.24. The zero-order valence-electron chi connectivity index (χ0n) is 14.9. The predicted octanol–water partition coefficient (Wildman–Crippen LogP) is 4.75. The molecular formula is C22H19N2O2S+. The first-order valence-corrected chi connectivity index (χ1v) is 9.10. The summed E-state index contributed by atoms with van der Waals surface area (Å²) in [5, 5.41) is 0.572. The van der Waals surface area contributed by atoms with Gasteiger partial charge in [0, 0.05) is 24.4 Å². The van der Waals surface area contributed by atoms with E-state index in [0.717, 1.165) is 22.9 Å². The molecular weight excluding hydrogens is 356 g/mol. The molecule has 0 aliphatic carbocycles. The molecule has 3 aromatic carbocycles. The van der Waals surface area contributed by atoms with Crippen LogP contribution in [0.1, 0.15) is 0 Å². The predicted molar refractivity (Wildman–Crippen MR) is 112 cm³/mol. The van der Waals surface area contributed by atoms with Crippen LogP contribution in [0.15, 0.2) is 84.9 Å². The molecule has 4 rings (SSSR count). The quantitative estimate of drug-likeness (QED) is 0.487. The molecule has 1 heterocycles. The van der Waals surface area contributed by atoms with Gasteiger partial charge in [0.05, 0.1) is 12.7 Å². The monoisotopic (exact) mass is 375 g/mol. The fraction of sp³-hybridized carbons (Fsp3) is 0.0909. The van der Waals surface area contributed by atoms with Gasteiger partial charge in [-0.25, -0.2) is 9.38 Å². The maximum atomic E-state index is 12.7. The number of benzene rings is 3. The van der Waals surface area contributed by atoms with Crippen molar-refractivity contribution in [3.63, 3.8) is 0 Å². The Kier molecular flexibility index (Phi) is 4.48. The Morgan fingerprint density at radius 3 is 2.04 bits per heavy atom. The molecule has 0 saturated carbocycles. The van der Waals surface area contributed by atoms with E-state index in [9.17, 15) is 4.79 Å². The fourth-order valence-corrected chi connectivity index (χ4v) is 3.61. The van der Waals surface area contributed by atoms with Gasteiger partial charge in [-0.05, 0) is 36.4 Å². The van der Waals surface area contributed by atoms with Crippen molar-refractivity contribution in [3.05, 3.63) is 84.9 Å². The number of thiocarbonyl (C=S) groups is 1. The van der Waals surface area contributed by atoms with Crippen molar-refractivity contribution in [3.8, 4) is 11.5 Å². The minimum Gasteiger partial charge on any atom is -0.457 e. The molecule has 1 aliphatic rings. The highest BCUT2D eigenvalue weighted by molar-refractivity contribution is 7.80. The van der Waals surface area contributed by atoms with Gasteiger partial charge >= 0.3 is 0 Å². The van der Waals surface area contributed by atoms with Gasteiger partial charge in [0.15, 0.2) is 6.54 Å². The molecule has 1 saturated heterocycles. The first-order valence-electron chi connectivity index (χ1n) is 8.69. The average molecular weight is 375 g/mol. The topological polar surface area (TPSA) is 29.5 Å². The number of quaternary nitrogens is 1. The summed E-state index contributed by atoms with van der Waals surface area (Å²) in [4.78, 5) is 14.3. The maximum absolute atomic E-state index is 12.7. The van der Waals surface area contributed by atoms with E-state index in [4.69, 9.17) is 17.0 Å². The molecule has 27 heavy (non-hydrogen) atoms.